The first kappa shape index (κ1) is 14.9. The van der Waals surface area contributed by atoms with Gasteiger partial charge in [0.25, 0.3) is 0 Å². The van der Waals surface area contributed by atoms with E-state index in [9.17, 15) is 17.6 Å². The monoisotopic (exact) mass is 286 g/mol. The van der Waals surface area contributed by atoms with Crippen LogP contribution in [0.25, 0.3) is 0 Å². The number of carboxylic acid groups (broad SMARTS) is 1. The van der Waals surface area contributed by atoms with Crippen molar-refractivity contribution in [1.29, 1.82) is 5.26 Å². The van der Waals surface area contributed by atoms with E-state index in [1.807, 2.05) is 0 Å². The number of carboxylic acids is 1. The van der Waals surface area contributed by atoms with Crippen molar-refractivity contribution in [3.63, 3.8) is 0 Å². The molecule has 0 atom stereocenters. The number of nitriles is 1. The third kappa shape index (κ3) is 4.93. The molecule has 0 radical (unpaired) electrons. The molecule has 6 nitrogen and oxygen atoms in total. The van der Waals surface area contributed by atoms with E-state index in [4.69, 9.17) is 10.4 Å². The average molecular weight is 286 g/mol. The first-order valence-electron chi connectivity index (χ1n) is 5.26. The molecular weight excluding hydrogens is 275 g/mol. The molecule has 0 saturated carbocycles. The summed E-state index contributed by atoms with van der Waals surface area (Å²) >= 11 is 0. The quantitative estimate of drug-likeness (QED) is 0.819. The average Bonchev–Trinajstić information content (AvgIpc) is 2.30. The van der Waals surface area contributed by atoms with E-state index in [0.29, 0.717) is 0 Å². The van der Waals surface area contributed by atoms with Crippen LogP contribution in [0.5, 0.6) is 0 Å². The van der Waals surface area contributed by atoms with Crippen molar-refractivity contribution in [2.45, 2.75) is 12.8 Å². The van der Waals surface area contributed by atoms with Gasteiger partial charge in [0, 0.05) is 12.1 Å². The lowest BCUT2D eigenvalue weighted by molar-refractivity contribution is -0.137. The van der Waals surface area contributed by atoms with E-state index in [1.54, 1.807) is 6.07 Å². The molecule has 1 aromatic carbocycles. The highest BCUT2D eigenvalue weighted by molar-refractivity contribution is 7.92. The minimum absolute atomic E-state index is 0.0308. The number of anilines is 1. The Balaban J connectivity index is 2.73. The number of rotatable bonds is 6. The first-order valence-corrected chi connectivity index (χ1v) is 6.91. The van der Waals surface area contributed by atoms with Crippen molar-refractivity contribution < 1.29 is 22.7 Å². The molecule has 102 valence electrons. The molecule has 0 aliphatic rings. The van der Waals surface area contributed by atoms with Crippen molar-refractivity contribution >= 4 is 21.7 Å². The molecule has 0 fully saturated rings. The standard InChI is InChI=1S/C11H11FN2O4S/c12-10-4-3-9(6-8(10)7-13)14-19(17,18)5-1-2-11(15)16/h3-4,6,14H,1-2,5H2,(H,15,16). The van der Waals surface area contributed by atoms with Gasteiger partial charge in [0.1, 0.15) is 11.9 Å². The molecule has 8 heteroatoms. The highest BCUT2D eigenvalue weighted by Gasteiger charge is 2.12. The molecule has 1 aromatic rings. The second kappa shape index (κ2) is 6.15. The molecule has 0 aliphatic heterocycles. The Morgan fingerprint density at radius 2 is 2.16 bits per heavy atom. The van der Waals surface area contributed by atoms with Gasteiger partial charge in [-0.3, -0.25) is 9.52 Å². The smallest absolute Gasteiger partial charge is 0.303 e. The zero-order valence-corrected chi connectivity index (χ0v) is 10.6. The number of carbonyl (C=O) groups is 1. The molecule has 0 unspecified atom stereocenters. The van der Waals surface area contributed by atoms with Crippen LogP contribution in [-0.2, 0) is 14.8 Å². The lowest BCUT2D eigenvalue weighted by atomic mass is 10.2. The fourth-order valence-electron chi connectivity index (χ4n) is 1.32. The van der Waals surface area contributed by atoms with Gasteiger partial charge in [0.15, 0.2) is 0 Å². The van der Waals surface area contributed by atoms with E-state index in [2.05, 4.69) is 4.72 Å². The summed E-state index contributed by atoms with van der Waals surface area (Å²) in [6.45, 7) is 0. The van der Waals surface area contributed by atoms with Gasteiger partial charge in [-0.2, -0.15) is 5.26 Å². The van der Waals surface area contributed by atoms with Gasteiger partial charge in [0.05, 0.1) is 11.3 Å². The maximum Gasteiger partial charge on any atom is 0.303 e. The fraction of sp³-hybridized carbons (Fsp3) is 0.273. The summed E-state index contributed by atoms with van der Waals surface area (Å²) in [5.74, 6) is -2.18. The third-order valence-corrected chi connectivity index (χ3v) is 3.54. The lowest BCUT2D eigenvalue weighted by Crippen LogP contribution is -2.17. The van der Waals surface area contributed by atoms with Crippen LogP contribution in [0.1, 0.15) is 18.4 Å². The van der Waals surface area contributed by atoms with E-state index in [-0.39, 0.29) is 29.8 Å². The molecular formula is C11H11FN2O4S. The van der Waals surface area contributed by atoms with Gasteiger partial charge < -0.3 is 5.11 Å². The minimum Gasteiger partial charge on any atom is -0.481 e. The first-order chi connectivity index (χ1) is 8.84. The lowest BCUT2D eigenvalue weighted by Gasteiger charge is -2.07. The minimum atomic E-state index is -3.71. The number of hydrogen-bond acceptors (Lipinski definition) is 4. The van der Waals surface area contributed by atoms with Crippen molar-refractivity contribution in [2.24, 2.45) is 0 Å². The van der Waals surface area contributed by atoms with Crippen molar-refractivity contribution in [3.05, 3.63) is 29.6 Å². The van der Waals surface area contributed by atoms with Crippen LogP contribution in [-0.4, -0.2) is 25.2 Å². The second-order valence-electron chi connectivity index (χ2n) is 3.72. The maximum atomic E-state index is 13.0. The topological polar surface area (TPSA) is 107 Å². The molecule has 19 heavy (non-hydrogen) atoms. The van der Waals surface area contributed by atoms with E-state index in [0.717, 1.165) is 12.1 Å². The number of sulfonamides is 1. The van der Waals surface area contributed by atoms with Gasteiger partial charge in [-0.25, -0.2) is 12.8 Å². The number of benzene rings is 1. The van der Waals surface area contributed by atoms with Crippen LogP contribution in [0.15, 0.2) is 18.2 Å². The molecule has 2 N–H and O–H groups in total. The molecule has 0 amide bonds. The molecule has 1 rings (SSSR count). The Labute approximate surface area is 109 Å². The zero-order valence-electron chi connectivity index (χ0n) is 9.76. The van der Waals surface area contributed by atoms with Gasteiger partial charge >= 0.3 is 5.97 Å². The summed E-state index contributed by atoms with van der Waals surface area (Å²) < 4.78 is 38.4. The van der Waals surface area contributed by atoms with Gasteiger partial charge in [-0.1, -0.05) is 0 Å². The molecule has 0 saturated heterocycles. The normalized spacial score (nSPS) is 10.7. The van der Waals surface area contributed by atoms with Gasteiger partial charge in [0.2, 0.25) is 10.0 Å². The van der Waals surface area contributed by atoms with Crippen molar-refractivity contribution in [3.8, 4) is 6.07 Å². The van der Waals surface area contributed by atoms with Crippen LogP contribution >= 0.6 is 0 Å². The summed E-state index contributed by atoms with van der Waals surface area (Å²) in [5.41, 5.74) is -0.209. The maximum absolute atomic E-state index is 13.0. The summed E-state index contributed by atoms with van der Waals surface area (Å²) in [7, 11) is -3.71. The summed E-state index contributed by atoms with van der Waals surface area (Å²) in [4.78, 5) is 10.3. The number of aliphatic carboxylic acids is 1. The Hall–Kier alpha value is -2.14. The Morgan fingerprint density at radius 3 is 2.74 bits per heavy atom. The van der Waals surface area contributed by atoms with E-state index >= 15 is 0 Å². The molecule has 0 spiro atoms. The van der Waals surface area contributed by atoms with E-state index < -0.39 is 21.8 Å². The highest BCUT2D eigenvalue weighted by atomic mass is 32.2. The third-order valence-electron chi connectivity index (χ3n) is 2.16. The van der Waals surface area contributed by atoms with Crippen molar-refractivity contribution in [1.82, 2.24) is 0 Å². The predicted octanol–water partition coefficient (Wildman–Crippen LogP) is 1.30. The molecule has 0 bridgehead atoms. The largest absolute Gasteiger partial charge is 0.481 e. The van der Waals surface area contributed by atoms with Crippen LogP contribution in [0.4, 0.5) is 10.1 Å². The van der Waals surface area contributed by atoms with Crippen LogP contribution in [0.2, 0.25) is 0 Å². The van der Waals surface area contributed by atoms with Crippen LogP contribution < -0.4 is 4.72 Å². The molecule has 0 aliphatic carbocycles. The predicted molar refractivity (Wildman–Crippen MR) is 65.4 cm³/mol. The summed E-state index contributed by atoms with van der Waals surface area (Å²) in [6, 6.07) is 4.83. The number of nitrogens with zero attached hydrogens (tertiary/aromatic N) is 1. The highest BCUT2D eigenvalue weighted by Crippen LogP contribution is 2.15. The Morgan fingerprint density at radius 1 is 1.47 bits per heavy atom. The van der Waals surface area contributed by atoms with Crippen LogP contribution in [0, 0.1) is 17.1 Å². The van der Waals surface area contributed by atoms with Crippen LogP contribution in [0.3, 0.4) is 0 Å². The second-order valence-corrected chi connectivity index (χ2v) is 5.57. The number of nitrogens with one attached hydrogen (secondary N) is 1. The van der Waals surface area contributed by atoms with Gasteiger partial charge in [-0.15, -0.1) is 0 Å². The summed E-state index contributed by atoms with van der Waals surface area (Å²) in [6.07, 6.45) is -0.287. The number of hydrogen-bond donors (Lipinski definition) is 2. The Kier molecular flexibility index (Phi) is 4.83. The molecule has 0 heterocycles. The van der Waals surface area contributed by atoms with Crippen molar-refractivity contribution in [2.75, 3.05) is 10.5 Å². The zero-order chi connectivity index (χ0) is 14.5. The van der Waals surface area contributed by atoms with Gasteiger partial charge in [-0.05, 0) is 24.6 Å². The van der Waals surface area contributed by atoms with E-state index in [1.165, 1.54) is 6.07 Å². The fourth-order valence-corrected chi connectivity index (χ4v) is 2.43. The summed E-state index contributed by atoms with van der Waals surface area (Å²) in [5, 5.41) is 17.0. The Bertz CT molecular complexity index is 622. The SMILES string of the molecule is N#Cc1cc(NS(=O)(=O)CCCC(=O)O)ccc1F. The number of halogens is 1. The molecule has 0 aromatic heterocycles.